The highest BCUT2D eigenvalue weighted by atomic mass is 16.4. The molecule has 20 heavy (non-hydrogen) atoms. The van der Waals surface area contributed by atoms with Crippen LogP contribution in [0.15, 0.2) is 29.4 Å². The predicted molar refractivity (Wildman–Crippen MR) is 74.5 cm³/mol. The van der Waals surface area contributed by atoms with Crippen molar-refractivity contribution in [2.45, 2.75) is 19.3 Å². The monoisotopic (exact) mass is 277 g/mol. The van der Waals surface area contributed by atoms with Crippen LogP contribution in [0.2, 0.25) is 0 Å². The predicted octanol–water partition coefficient (Wildman–Crippen LogP) is 0.920. The first-order valence-corrected chi connectivity index (χ1v) is 6.63. The molecule has 1 fully saturated rings. The maximum absolute atomic E-state index is 12.2. The van der Waals surface area contributed by atoms with Gasteiger partial charge >= 0.3 is 0 Å². The van der Waals surface area contributed by atoms with Crippen LogP contribution in [0.1, 0.15) is 18.4 Å². The quantitative estimate of drug-likeness (QED) is 0.331. The zero-order chi connectivity index (χ0) is 14.5. The maximum atomic E-state index is 12.2. The lowest BCUT2D eigenvalue weighted by Crippen LogP contribution is -2.44. The molecule has 6 heteroatoms. The van der Waals surface area contributed by atoms with Crippen LogP contribution in [0.5, 0.6) is 5.75 Å². The summed E-state index contributed by atoms with van der Waals surface area (Å²) in [6, 6.07) is 6.68. The molecule has 1 amide bonds. The fourth-order valence-electron chi connectivity index (χ4n) is 2.48. The Labute approximate surface area is 117 Å². The average molecular weight is 277 g/mol. The minimum atomic E-state index is -0.0816. The fourth-order valence-corrected chi connectivity index (χ4v) is 2.48. The van der Waals surface area contributed by atoms with Crippen LogP contribution < -0.4 is 5.73 Å². The summed E-state index contributed by atoms with van der Waals surface area (Å²) in [5.74, 6) is 0.247. The van der Waals surface area contributed by atoms with Crippen LogP contribution in [-0.2, 0) is 11.2 Å². The van der Waals surface area contributed by atoms with E-state index in [0.717, 1.165) is 18.4 Å². The summed E-state index contributed by atoms with van der Waals surface area (Å²) in [4.78, 5) is 14.0. The zero-order valence-corrected chi connectivity index (χ0v) is 11.2. The Hall–Kier alpha value is -2.24. The number of amides is 1. The van der Waals surface area contributed by atoms with Crippen LogP contribution >= 0.6 is 0 Å². The van der Waals surface area contributed by atoms with Gasteiger partial charge in [-0.1, -0.05) is 17.3 Å². The van der Waals surface area contributed by atoms with Gasteiger partial charge in [-0.05, 0) is 30.5 Å². The summed E-state index contributed by atoms with van der Waals surface area (Å²) in [6.45, 7) is 1.17. The van der Waals surface area contributed by atoms with E-state index in [1.165, 1.54) is 0 Å². The van der Waals surface area contributed by atoms with Gasteiger partial charge < -0.3 is 20.9 Å². The minimum Gasteiger partial charge on any atom is -0.508 e. The first-order valence-electron chi connectivity index (χ1n) is 6.63. The van der Waals surface area contributed by atoms with Crippen LogP contribution in [0.4, 0.5) is 0 Å². The van der Waals surface area contributed by atoms with E-state index in [1.807, 2.05) is 6.07 Å². The number of amidine groups is 1. The van der Waals surface area contributed by atoms with Crippen LogP contribution in [-0.4, -0.2) is 40.0 Å². The topological polar surface area (TPSA) is 99.2 Å². The number of benzene rings is 1. The van der Waals surface area contributed by atoms with Gasteiger partial charge in [-0.25, -0.2) is 0 Å². The summed E-state index contributed by atoms with van der Waals surface area (Å²) in [6.07, 6.45) is 1.91. The van der Waals surface area contributed by atoms with Crippen molar-refractivity contribution in [2.24, 2.45) is 16.8 Å². The second kappa shape index (κ2) is 6.27. The number of aromatic hydroxyl groups is 1. The van der Waals surface area contributed by atoms with Gasteiger partial charge in [-0.15, -0.1) is 0 Å². The van der Waals surface area contributed by atoms with E-state index in [-0.39, 0.29) is 29.8 Å². The van der Waals surface area contributed by atoms with Crippen molar-refractivity contribution in [3.8, 4) is 5.75 Å². The number of carbonyl (C=O) groups excluding carboxylic acids is 1. The first kappa shape index (κ1) is 14.2. The molecular formula is C14H19N3O3. The lowest BCUT2D eigenvalue weighted by Gasteiger charge is -2.32. The molecule has 0 radical (unpaired) electrons. The Morgan fingerprint density at radius 3 is 3.00 bits per heavy atom. The van der Waals surface area contributed by atoms with Crippen molar-refractivity contribution in [1.29, 1.82) is 0 Å². The summed E-state index contributed by atoms with van der Waals surface area (Å²) < 4.78 is 0. The molecule has 1 aliphatic heterocycles. The largest absolute Gasteiger partial charge is 0.508 e. The minimum absolute atomic E-state index is 0.00830. The Morgan fingerprint density at radius 2 is 2.30 bits per heavy atom. The van der Waals surface area contributed by atoms with Gasteiger partial charge in [0.05, 0.1) is 6.42 Å². The van der Waals surface area contributed by atoms with E-state index in [4.69, 9.17) is 10.9 Å². The van der Waals surface area contributed by atoms with Gasteiger partial charge in [0, 0.05) is 19.0 Å². The molecule has 0 bridgehead atoms. The number of phenols is 1. The molecule has 0 aliphatic carbocycles. The lowest BCUT2D eigenvalue weighted by molar-refractivity contribution is -0.131. The number of piperidine rings is 1. The van der Waals surface area contributed by atoms with E-state index in [1.54, 1.807) is 23.1 Å². The Bertz CT molecular complexity index is 516. The van der Waals surface area contributed by atoms with Gasteiger partial charge in [0.1, 0.15) is 11.6 Å². The van der Waals surface area contributed by atoms with E-state index in [0.29, 0.717) is 13.1 Å². The van der Waals surface area contributed by atoms with Crippen molar-refractivity contribution in [2.75, 3.05) is 13.1 Å². The Morgan fingerprint density at radius 1 is 1.50 bits per heavy atom. The molecule has 1 aromatic rings. The number of phenolic OH excluding ortho intramolecular Hbond substituents is 1. The van der Waals surface area contributed by atoms with Crippen molar-refractivity contribution in [1.82, 2.24) is 4.90 Å². The van der Waals surface area contributed by atoms with Crippen LogP contribution in [0.25, 0.3) is 0 Å². The Kier molecular flexibility index (Phi) is 4.45. The zero-order valence-electron chi connectivity index (χ0n) is 11.2. The fraction of sp³-hybridized carbons (Fsp3) is 0.429. The molecule has 0 aromatic heterocycles. The molecule has 6 nitrogen and oxygen atoms in total. The van der Waals surface area contributed by atoms with Crippen molar-refractivity contribution in [3.63, 3.8) is 0 Å². The van der Waals surface area contributed by atoms with Gasteiger partial charge in [0.2, 0.25) is 5.91 Å². The first-order chi connectivity index (χ1) is 9.60. The van der Waals surface area contributed by atoms with Crippen molar-refractivity contribution in [3.05, 3.63) is 29.8 Å². The number of carbonyl (C=O) groups is 1. The third-order valence-corrected chi connectivity index (χ3v) is 3.57. The molecule has 0 saturated carbocycles. The summed E-state index contributed by atoms with van der Waals surface area (Å²) >= 11 is 0. The molecule has 4 N–H and O–H groups in total. The van der Waals surface area contributed by atoms with Crippen molar-refractivity contribution < 1.29 is 15.1 Å². The number of nitrogens with zero attached hydrogens (tertiary/aromatic N) is 2. The number of hydrogen-bond acceptors (Lipinski definition) is 4. The van der Waals surface area contributed by atoms with Crippen molar-refractivity contribution >= 4 is 11.7 Å². The molecule has 1 saturated heterocycles. The molecule has 1 heterocycles. The molecule has 1 unspecified atom stereocenters. The normalized spacial score (nSPS) is 19.9. The highest BCUT2D eigenvalue weighted by Gasteiger charge is 2.26. The standard InChI is InChI=1S/C14H19N3O3/c15-14(16-20)11-4-2-6-17(9-11)13(19)8-10-3-1-5-12(18)7-10/h1,3,5,7,11,18,20H,2,4,6,8-9H2,(H2,15,16). The van der Waals surface area contributed by atoms with Gasteiger partial charge in [0.15, 0.2) is 0 Å². The van der Waals surface area contributed by atoms with Crippen LogP contribution in [0, 0.1) is 5.92 Å². The molecule has 2 rings (SSSR count). The number of nitrogens with two attached hydrogens (primary N) is 1. The summed E-state index contributed by atoms with van der Waals surface area (Å²) in [7, 11) is 0. The molecule has 108 valence electrons. The summed E-state index contributed by atoms with van der Waals surface area (Å²) in [5, 5.41) is 21.1. The smallest absolute Gasteiger partial charge is 0.227 e. The number of rotatable bonds is 3. The summed E-state index contributed by atoms with van der Waals surface area (Å²) in [5.41, 5.74) is 6.39. The molecular weight excluding hydrogens is 258 g/mol. The van der Waals surface area contributed by atoms with Gasteiger partial charge in [0.25, 0.3) is 0 Å². The van der Waals surface area contributed by atoms with E-state index in [9.17, 15) is 9.90 Å². The van der Waals surface area contributed by atoms with E-state index >= 15 is 0 Å². The van der Waals surface area contributed by atoms with Gasteiger partial charge in [-0.2, -0.15) is 0 Å². The molecule has 1 aliphatic rings. The van der Waals surface area contributed by atoms with Crippen LogP contribution in [0.3, 0.4) is 0 Å². The molecule has 1 atom stereocenters. The lowest BCUT2D eigenvalue weighted by atomic mass is 9.96. The Balaban J connectivity index is 1.98. The number of hydrogen-bond donors (Lipinski definition) is 3. The second-order valence-corrected chi connectivity index (χ2v) is 5.05. The molecule has 1 aromatic carbocycles. The maximum Gasteiger partial charge on any atom is 0.227 e. The second-order valence-electron chi connectivity index (χ2n) is 5.05. The van der Waals surface area contributed by atoms with E-state index < -0.39 is 0 Å². The number of likely N-dealkylation sites (tertiary alicyclic amines) is 1. The third kappa shape index (κ3) is 3.40. The third-order valence-electron chi connectivity index (χ3n) is 3.57. The number of oxime groups is 1. The molecule has 0 spiro atoms. The van der Waals surface area contributed by atoms with E-state index in [2.05, 4.69) is 5.16 Å². The SMILES string of the molecule is NC(=NO)C1CCCN(C(=O)Cc2cccc(O)c2)C1. The highest BCUT2D eigenvalue weighted by molar-refractivity contribution is 5.84. The average Bonchev–Trinajstić information content (AvgIpc) is 2.46. The highest BCUT2D eigenvalue weighted by Crippen LogP contribution is 2.18. The van der Waals surface area contributed by atoms with Gasteiger partial charge in [-0.3, -0.25) is 4.79 Å².